The van der Waals surface area contributed by atoms with Crippen molar-refractivity contribution in [1.29, 1.82) is 0 Å². The lowest BCUT2D eigenvalue weighted by molar-refractivity contribution is 0.468. The molecule has 16 heavy (non-hydrogen) atoms. The number of aliphatic hydroxyl groups is 1. The molecule has 0 atom stereocenters. The van der Waals surface area contributed by atoms with Gasteiger partial charge in [0.1, 0.15) is 11.5 Å². The van der Waals surface area contributed by atoms with E-state index in [2.05, 4.69) is 13.8 Å². The summed E-state index contributed by atoms with van der Waals surface area (Å²) >= 11 is 0. The Balaban J connectivity index is 2.71. The normalized spacial score (nSPS) is 15.2. The molecule has 84 valence electrons. The van der Waals surface area contributed by atoms with Crippen molar-refractivity contribution in [3.05, 3.63) is 40.3 Å². The highest BCUT2D eigenvalue weighted by molar-refractivity contribution is 5.56. The summed E-state index contributed by atoms with van der Waals surface area (Å²) in [7, 11) is 0. The van der Waals surface area contributed by atoms with Gasteiger partial charge in [-0.1, -0.05) is 37.6 Å². The van der Waals surface area contributed by atoms with E-state index in [1.54, 1.807) is 12.1 Å². The maximum atomic E-state index is 9.99. The predicted molar refractivity (Wildman–Crippen MR) is 65.4 cm³/mol. The second-order valence-electron chi connectivity index (χ2n) is 4.41. The fourth-order valence-electron chi connectivity index (χ4n) is 1.93. The van der Waals surface area contributed by atoms with E-state index in [9.17, 15) is 10.2 Å². The summed E-state index contributed by atoms with van der Waals surface area (Å²) in [5, 5.41) is 21.2. The average Bonchev–Trinajstić information content (AvgIpc) is 2.40. The van der Waals surface area contributed by atoms with Gasteiger partial charge in [-0.05, 0) is 24.5 Å². The molecule has 2 heteroatoms. The van der Waals surface area contributed by atoms with Gasteiger partial charge in [0, 0.05) is 10.4 Å². The molecule has 1 aromatic carbocycles. The Labute approximate surface area is 94.9 Å². The van der Waals surface area contributed by atoms with Crippen molar-refractivity contribution in [2.24, 2.45) is 5.92 Å². The molecular formula is C14H16O2. The van der Waals surface area contributed by atoms with Gasteiger partial charge in [0.15, 0.2) is 0 Å². The number of fused-ring (bicyclic) bond motifs is 1. The van der Waals surface area contributed by atoms with Gasteiger partial charge in [-0.15, -0.1) is 0 Å². The number of aromatic hydroxyl groups is 1. The fourth-order valence-corrected chi connectivity index (χ4v) is 1.93. The van der Waals surface area contributed by atoms with Crippen LogP contribution in [0.4, 0.5) is 0 Å². The molecule has 1 aromatic rings. The Morgan fingerprint density at radius 3 is 2.62 bits per heavy atom. The van der Waals surface area contributed by atoms with Crippen molar-refractivity contribution in [2.75, 3.05) is 0 Å². The van der Waals surface area contributed by atoms with E-state index in [1.807, 2.05) is 18.2 Å². The Morgan fingerprint density at radius 2 is 1.94 bits per heavy atom. The number of allylic oxidation sites excluding steroid dienone is 1. The van der Waals surface area contributed by atoms with Crippen LogP contribution >= 0.6 is 0 Å². The summed E-state index contributed by atoms with van der Waals surface area (Å²) in [5.41, 5.74) is 1.17. The van der Waals surface area contributed by atoms with Gasteiger partial charge < -0.3 is 10.2 Å². The molecule has 0 unspecified atom stereocenters. The topological polar surface area (TPSA) is 40.5 Å². The van der Waals surface area contributed by atoms with Crippen LogP contribution in [0.1, 0.15) is 20.3 Å². The molecule has 0 spiro atoms. The first kappa shape index (κ1) is 10.8. The molecule has 0 radical (unpaired) electrons. The molecule has 0 saturated carbocycles. The van der Waals surface area contributed by atoms with Gasteiger partial charge in [-0.25, -0.2) is 0 Å². The van der Waals surface area contributed by atoms with Crippen LogP contribution in [0.15, 0.2) is 29.8 Å². The molecule has 0 aliphatic heterocycles. The molecule has 1 aliphatic carbocycles. The molecule has 2 nitrogen and oxygen atoms in total. The monoisotopic (exact) mass is 216 g/mol. The summed E-state index contributed by atoms with van der Waals surface area (Å²) in [5.74, 6) is 0.862. The number of phenols is 1. The standard InChI is InChI=1S/C14H16O2/c1-9(2)10-6-7-12-11(14(16)8-10)4-3-5-13(12)15/h3-5,7-9,15-16H,6H2,1-2H3. The van der Waals surface area contributed by atoms with E-state index in [4.69, 9.17) is 0 Å². The van der Waals surface area contributed by atoms with E-state index in [-0.39, 0.29) is 11.5 Å². The first-order chi connectivity index (χ1) is 7.59. The summed E-state index contributed by atoms with van der Waals surface area (Å²) in [6, 6.07) is 5.20. The second kappa shape index (κ2) is 4.05. The lowest BCUT2D eigenvalue weighted by atomic mass is 10.00. The van der Waals surface area contributed by atoms with Crippen LogP contribution in [0.25, 0.3) is 11.8 Å². The Hall–Kier alpha value is -1.70. The highest BCUT2D eigenvalue weighted by atomic mass is 16.3. The first-order valence-corrected chi connectivity index (χ1v) is 5.51. The Kier molecular flexibility index (Phi) is 2.73. The molecule has 0 saturated heterocycles. The third-order valence-electron chi connectivity index (χ3n) is 2.96. The van der Waals surface area contributed by atoms with Crippen LogP contribution in [-0.4, -0.2) is 10.2 Å². The smallest absolute Gasteiger partial charge is 0.123 e. The number of aliphatic hydroxyl groups excluding tert-OH is 1. The van der Waals surface area contributed by atoms with E-state index >= 15 is 0 Å². The van der Waals surface area contributed by atoms with Crippen LogP contribution in [0.2, 0.25) is 0 Å². The van der Waals surface area contributed by atoms with Crippen LogP contribution in [0, 0.1) is 5.92 Å². The molecule has 0 heterocycles. The molecule has 0 fully saturated rings. The molecule has 2 rings (SSSR count). The Morgan fingerprint density at radius 1 is 1.19 bits per heavy atom. The minimum atomic E-state index is 0.224. The van der Waals surface area contributed by atoms with E-state index in [1.165, 1.54) is 5.57 Å². The van der Waals surface area contributed by atoms with Gasteiger partial charge in [-0.2, -0.15) is 0 Å². The van der Waals surface area contributed by atoms with Gasteiger partial charge >= 0.3 is 0 Å². The molecule has 0 bridgehead atoms. The van der Waals surface area contributed by atoms with Crippen molar-refractivity contribution in [3.8, 4) is 5.75 Å². The number of phenolic OH excluding ortho intramolecular Hbond substituents is 1. The van der Waals surface area contributed by atoms with Gasteiger partial charge in [-0.3, -0.25) is 0 Å². The molecule has 0 amide bonds. The van der Waals surface area contributed by atoms with Gasteiger partial charge in [0.2, 0.25) is 0 Å². The maximum Gasteiger partial charge on any atom is 0.123 e. The largest absolute Gasteiger partial charge is 0.507 e. The van der Waals surface area contributed by atoms with Crippen molar-refractivity contribution < 1.29 is 10.2 Å². The summed E-state index contributed by atoms with van der Waals surface area (Å²) in [6.07, 6.45) is 4.55. The highest BCUT2D eigenvalue weighted by Gasteiger charge is 2.08. The van der Waals surface area contributed by atoms with Crippen LogP contribution in [0.3, 0.4) is 0 Å². The second-order valence-corrected chi connectivity index (χ2v) is 4.41. The van der Waals surface area contributed by atoms with Gasteiger partial charge in [0.05, 0.1) is 0 Å². The molecular weight excluding hydrogens is 200 g/mol. The summed E-state index contributed by atoms with van der Waals surface area (Å²) < 4.78 is 0. The van der Waals surface area contributed by atoms with Crippen molar-refractivity contribution in [3.63, 3.8) is 0 Å². The highest BCUT2D eigenvalue weighted by Crippen LogP contribution is 2.17. The number of hydrogen-bond donors (Lipinski definition) is 2. The maximum absolute atomic E-state index is 9.99. The minimum absolute atomic E-state index is 0.224. The van der Waals surface area contributed by atoms with Crippen LogP contribution in [-0.2, 0) is 0 Å². The average molecular weight is 216 g/mol. The minimum Gasteiger partial charge on any atom is -0.507 e. The third kappa shape index (κ3) is 1.83. The molecule has 0 aromatic heterocycles. The molecule has 2 N–H and O–H groups in total. The predicted octanol–water partition coefficient (Wildman–Crippen LogP) is 1.82. The number of benzene rings is 1. The summed E-state index contributed by atoms with van der Waals surface area (Å²) in [4.78, 5) is 0. The SMILES string of the molecule is CC(C)C1=CC(O)=c2cccc(O)c2=CC1. The van der Waals surface area contributed by atoms with Crippen molar-refractivity contribution in [2.45, 2.75) is 20.3 Å². The Bertz CT molecular complexity index is 551. The third-order valence-corrected chi connectivity index (χ3v) is 2.96. The van der Waals surface area contributed by atoms with Gasteiger partial charge in [0.25, 0.3) is 0 Å². The van der Waals surface area contributed by atoms with Crippen LogP contribution < -0.4 is 10.4 Å². The lowest BCUT2D eigenvalue weighted by Gasteiger charge is -2.07. The van der Waals surface area contributed by atoms with E-state index in [0.717, 1.165) is 11.6 Å². The number of hydrogen-bond acceptors (Lipinski definition) is 2. The summed E-state index contributed by atoms with van der Waals surface area (Å²) in [6.45, 7) is 4.20. The van der Waals surface area contributed by atoms with Crippen molar-refractivity contribution in [1.82, 2.24) is 0 Å². The lowest BCUT2D eigenvalue weighted by Crippen LogP contribution is -2.25. The quantitative estimate of drug-likeness (QED) is 0.751. The zero-order valence-corrected chi connectivity index (χ0v) is 9.57. The van der Waals surface area contributed by atoms with Crippen LogP contribution in [0.5, 0.6) is 5.75 Å². The molecule has 1 aliphatic rings. The zero-order chi connectivity index (χ0) is 11.7. The van der Waals surface area contributed by atoms with Crippen molar-refractivity contribution >= 4 is 11.8 Å². The fraction of sp³-hybridized carbons (Fsp3) is 0.286. The number of rotatable bonds is 1. The van der Waals surface area contributed by atoms with E-state index < -0.39 is 0 Å². The van der Waals surface area contributed by atoms with E-state index in [0.29, 0.717) is 11.1 Å². The zero-order valence-electron chi connectivity index (χ0n) is 9.57. The first-order valence-electron chi connectivity index (χ1n) is 5.51.